The number of benzene rings is 1. The fraction of sp³-hybridized carbons (Fsp3) is 0.412. The molecule has 0 spiro atoms. The minimum Gasteiger partial charge on any atom is -0.460 e. The summed E-state index contributed by atoms with van der Waals surface area (Å²) < 4.78 is 18.5. The molecule has 0 N–H and O–H groups in total. The Hall–Kier alpha value is -2.01. The quantitative estimate of drug-likeness (QED) is 0.869. The van der Waals surface area contributed by atoms with E-state index in [1.165, 1.54) is 5.56 Å². The number of hydrogen-bond donors (Lipinski definition) is 0. The van der Waals surface area contributed by atoms with Crippen LogP contribution in [0, 0.1) is 5.82 Å². The molecular formula is C17H20FN3O. The van der Waals surface area contributed by atoms with Crippen LogP contribution < -0.4 is 4.74 Å². The highest BCUT2D eigenvalue weighted by Gasteiger charge is 2.25. The molecule has 5 heteroatoms. The molecule has 1 atom stereocenters. The van der Waals surface area contributed by atoms with Crippen molar-refractivity contribution in [1.29, 1.82) is 0 Å². The average Bonchev–Trinajstić information content (AvgIpc) is 2.58. The molecule has 1 aromatic carbocycles. The molecule has 2 heterocycles. The summed E-state index contributed by atoms with van der Waals surface area (Å²) in [7, 11) is 0. The minimum absolute atomic E-state index is 0.102. The van der Waals surface area contributed by atoms with E-state index >= 15 is 0 Å². The Labute approximate surface area is 130 Å². The number of rotatable bonds is 4. The third kappa shape index (κ3) is 3.60. The number of nitrogens with zero attached hydrogens (tertiary/aromatic N) is 3. The summed E-state index contributed by atoms with van der Waals surface area (Å²) in [6.45, 7) is 4.18. The zero-order chi connectivity index (χ0) is 15.4. The zero-order valence-corrected chi connectivity index (χ0v) is 12.7. The Morgan fingerprint density at radius 2 is 1.77 bits per heavy atom. The summed E-state index contributed by atoms with van der Waals surface area (Å²) in [5.41, 5.74) is 1.34. The second-order valence-corrected chi connectivity index (χ2v) is 5.62. The van der Waals surface area contributed by atoms with Gasteiger partial charge in [-0.05, 0) is 25.3 Å². The fourth-order valence-corrected chi connectivity index (χ4v) is 2.83. The van der Waals surface area contributed by atoms with Crippen LogP contribution in [0.4, 0.5) is 4.39 Å². The summed E-state index contributed by atoms with van der Waals surface area (Å²) in [6.07, 6.45) is 4.23. The van der Waals surface area contributed by atoms with E-state index in [-0.39, 0.29) is 12.1 Å². The van der Waals surface area contributed by atoms with Gasteiger partial charge in [0.2, 0.25) is 0 Å². The lowest BCUT2D eigenvalue weighted by Crippen LogP contribution is -2.39. The van der Waals surface area contributed by atoms with Gasteiger partial charge in [-0.2, -0.15) is 0 Å². The lowest BCUT2D eigenvalue weighted by Gasteiger charge is -2.35. The van der Waals surface area contributed by atoms with Gasteiger partial charge in [-0.3, -0.25) is 4.90 Å². The van der Waals surface area contributed by atoms with Gasteiger partial charge < -0.3 is 4.74 Å². The summed E-state index contributed by atoms with van der Waals surface area (Å²) in [6, 6.07) is 11.2. The SMILES string of the molecule is CC(c1ccccc1)N1CCC(Oc2ncc(F)cn2)CC1. The van der Waals surface area contributed by atoms with Gasteiger partial charge in [-0.15, -0.1) is 0 Å². The van der Waals surface area contributed by atoms with Crippen molar-refractivity contribution in [2.24, 2.45) is 0 Å². The van der Waals surface area contributed by atoms with E-state index < -0.39 is 5.82 Å². The highest BCUT2D eigenvalue weighted by molar-refractivity contribution is 5.18. The van der Waals surface area contributed by atoms with Crippen LogP contribution in [-0.4, -0.2) is 34.1 Å². The largest absolute Gasteiger partial charge is 0.460 e. The second kappa shape index (κ2) is 6.83. The summed E-state index contributed by atoms with van der Waals surface area (Å²) >= 11 is 0. The highest BCUT2D eigenvalue weighted by atomic mass is 19.1. The molecule has 1 aliphatic heterocycles. The van der Waals surface area contributed by atoms with Crippen molar-refractivity contribution in [3.8, 4) is 6.01 Å². The molecule has 0 radical (unpaired) electrons. The number of piperidine rings is 1. The van der Waals surface area contributed by atoms with E-state index in [0.717, 1.165) is 38.3 Å². The minimum atomic E-state index is -0.446. The number of likely N-dealkylation sites (tertiary alicyclic amines) is 1. The van der Waals surface area contributed by atoms with Gasteiger partial charge in [0, 0.05) is 19.1 Å². The topological polar surface area (TPSA) is 38.2 Å². The van der Waals surface area contributed by atoms with E-state index in [1.54, 1.807) is 0 Å². The number of halogens is 1. The summed E-state index contributed by atoms with van der Waals surface area (Å²) in [4.78, 5) is 10.2. The molecule has 116 valence electrons. The van der Waals surface area contributed by atoms with Crippen molar-refractivity contribution in [1.82, 2.24) is 14.9 Å². The van der Waals surface area contributed by atoms with Crippen molar-refractivity contribution in [3.05, 3.63) is 54.1 Å². The Kier molecular flexibility index (Phi) is 4.63. The van der Waals surface area contributed by atoms with Crippen LogP contribution in [0.2, 0.25) is 0 Å². The predicted molar refractivity (Wildman–Crippen MR) is 82.1 cm³/mol. The predicted octanol–water partition coefficient (Wildman–Crippen LogP) is 3.22. The molecule has 1 aliphatic rings. The van der Waals surface area contributed by atoms with Gasteiger partial charge in [-0.1, -0.05) is 30.3 Å². The van der Waals surface area contributed by atoms with Gasteiger partial charge >= 0.3 is 6.01 Å². The molecule has 1 saturated heterocycles. The standard InChI is InChI=1S/C17H20FN3O/c1-13(14-5-3-2-4-6-14)21-9-7-16(8-10-21)22-17-19-11-15(18)12-20-17/h2-6,11-13,16H,7-10H2,1H3. The zero-order valence-electron chi connectivity index (χ0n) is 12.7. The molecule has 1 aromatic heterocycles. The maximum absolute atomic E-state index is 12.8. The van der Waals surface area contributed by atoms with E-state index in [0.29, 0.717) is 6.04 Å². The van der Waals surface area contributed by atoms with Crippen LogP contribution in [-0.2, 0) is 0 Å². The first kappa shape index (κ1) is 14.9. The molecule has 2 aromatic rings. The second-order valence-electron chi connectivity index (χ2n) is 5.62. The smallest absolute Gasteiger partial charge is 0.316 e. The number of aromatic nitrogens is 2. The van der Waals surface area contributed by atoms with E-state index in [1.807, 2.05) is 6.07 Å². The van der Waals surface area contributed by atoms with Crippen LogP contribution in [0.5, 0.6) is 6.01 Å². The van der Waals surface area contributed by atoms with E-state index in [2.05, 4.69) is 46.1 Å². The first-order valence-electron chi connectivity index (χ1n) is 7.65. The van der Waals surface area contributed by atoms with Crippen molar-refractivity contribution in [2.45, 2.75) is 31.9 Å². The lowest BCUT2D eigenvalue weighted by molar-refractivity contribution is 0.0734. The lowest BCUT2D eigenvalue weighted by atomic mass is 10.0. The van der Waals surface area contributed by atoms with E-state index in [9.17, 15) is 4.39 Å². The van der Waals surface area contributed by atoms with Crippen LogP contribution in [0.3, 0.4) is 0 Å². The van der Waals surface area contributed by atoms with Crippen molar-refractivity contribution >= 4 is 0 Å². The third-order valence-corrected chi connectivity index (χ3v) is 4.17. The van der Waals surface area contributed by atoms with Crippen LogP contribution in [0.15, 0.2) is 42.7 Å². The maximum Gasteiger partial charge on any atom is 0.316 e. The molecule has 4 nitrogen and oxygen atoms in total. The Bertz CT molecular complexity index is 583. The molecule has 0 amide bonds. The Morgan fingerprint density at radius 1 is 1.14 bits per heavy atom. The first-order chi connectivity index (χ1) is 10.7. The molecule has 0 bridgehead atoms. The van der Waals surface area contributed by atoms with Gasteiger partial charge in [0.15, 0.2) is 5.82 Å². The maximum atomic E-state index is 12.8. The molecule has 22 heavy (non-hydrogen) atoms. The Balaban J connectivity index is 1.53. The van der Waals surface area contributed by atoms with Gasteiger partial charge in [0.05, 0.1) is 12.4 Å². The third-order valence-electron chi connectivity index (χ3n) is 4.17. The molecule has 0 aliphatic carbocycles. The average molecular weight is 301 g/mol. The van der Waals surface area contributed by atoms with E-state index in [4.69, 9.17) is 4.74 Å². The van der Waals surface area contributed by atoms with Gasteiger partial charge in [0.25, 0.3) is 0 Å². The molecular weight excluding hydrogens is 281 g/mol. The highest BCUT2D eigenvalue weighted by Crippen LogP contribution is 2.25. The fourth-order valence-electron chi connectivity index (χ4n) is 2.83. The monoisotopic (exact) mass is 301 g/mol. The van der Waals surface area contributed by atoms with Crippen molar-refractivity contribution in [3.63, 3.8) is 0 Å². The van der Waals surface area contributed by atoms with Gasteiger partial charge in [0.1, 0.15) is 6.10 Å². The van der Waals surface area contributed by atoms with Crippen LogP contribution >= 0.6 is 0 Å². The first-order valence-corrected chi connectivity index (χ1v) is 7.65. The normalized spacial score (nSPS) is 18.1. The molecule has 3 rings (SSSR count). The summed E-state index contributed by atoms with van der Waals surface area (Å²) in [5.74, 6) is -0.446. The number of ether oxygens (including phenoxy) is 1. The summed E-state index contributed by atoms with van der Waals surface area (Å²) in [5, 5.41) is 0. The van der Waals surface area contributed by atoms with Crippen molar-refractivity contribution in [2.75, 3.05) is 13.1 Å². The van der Waals surface area contributed by atoms with Gasteiger partial charge in [-0.25, -0.2) is 14.4 Å². The van der Waals surface area contributed by atoms with Crippen molar-refractivity contribution < 1.29 is 9.13 Å². The molecule has 1 unspecified atom stereocenters. The Morgan fingerprint density at radius 3 is 2.41 bits per heavy atom. The molecule has 0 saturated carbocycles. The number of hydrogen-bond acceptors (Lipinski definition) is 4. The van der Waals surface area contributed by atoms with Crippen LogP contribution in [0.25, 0.3) is 0 Å². The van der Waals surface area contributed by atoms with Crippen LogP contribution in [0.1, 0.15) is 31.4 Å². The molecule has 1 fully saturated rings.